The minimum absolute atomic E-state index is 0.0501. The lowest BCUT2D eigenvalue weighted by atomic mass is 9.87. The van der Waals surface area contributed by atoms with E-state index in [-0.39, 0.29) is 16.8 Å². The first-order valence-electron chi connectivity index (χ1n) is 12.2. The van der Waals surface area contributed by atoms with Gasteiger partial charge in [-0.25, -0.2) is 9.07 Å². The third-order valence-electron chi connectivity index (χ3n) is 6.36. The summed E-state index contributed by atoms with van der Waals surface area (Å²) < 4.78 is 17.2. The molecule has 0 atom stereocenters. The maximum atomic E-state index is 13.6. The monoisotopic (exact) mass is 521 g/mol. The molecule has 0 saturated carbocycles. The molecule has 0 aliphatic carbocycles. The highest BCUT2D eigenvalue weighted by atomic mass is 32.1. The van der Waals surface area contributed by atoms with Gasteiger partial charge in [-0.15, -0.1) is 5.10 Å². The molecular weight excluding hydrogens is 497 g/mol. The number of nitrogens with zero attached hydrogens (tertiary/aromatic N) is 5. The van der Waals surface area contributed by atoms with Crippen LogP contribution in [0, 0.1) is 5.82 Å². The Morgan fingerprint density at radius 1 is 0.868 bits per heavy atom. The van der Waals surface area contributed by atoms with Gasteiger partial charge in [-0.2, -0.15) is 14.6 Å². The van der Waals surface area contributed by atoms with Gasteiger partial charge in [0.15, 0.2) is 5.82 Å². The third kappa shape index (κ3) is 4.43. The molecule has 0 radical (unpaired) electrons. The molecule has 6 nitrogen and oxygen atoms in total. The quantitative estimate of drug-likeness (QED) is 0.301. The van der Waals surface area contributed by atoms with E-state index < -0.39 is 0 Å². The van der Waals surface area contributed by atoms with Crippen LogP contribution in [0.2, 0.25) is 0 Å². The number of thiazole rings is 1. The number of aromatic nitrogens is 5. The van der Waals surface area contributed by atoms with Crippen molar-refractivity contribution in [2.24, 2.45) is 0 Å². The zero-order valence-electron chi connectivity index (χ0n) is 21.1. The zero-order chi connectivity index (χ0) is 26.4. The average Bonchev–Trinajstić information content (AvgIpc) is 3.60. The number of rotatable bonds is 4. The molecule has 188 valence electrons. The standard InChI is InChI=1S/C30H24FN5OS/c1-30(2,3)22-13-9-20(10-14-22)27-32-29-36(34-27)28(37)25(38-29)17-21-18-35(24-7-5-4-6-8-24)33-26(21)19-11-15-23(31)16-12-19/h4-18H,1-3H3. The maximum absolute atomic E-state index is 13.6. The Balaban J connectivity index is 1.43. The van der Waals surface area contributed by atoms with Crippen LogP contribution in [0.15, 0.2) is 89.9 Å². The highest BCUT2D eigenvalue weighted by Crippen LogP contribution is 2.26. The molecule has 38 heavy (non-hydrogen) atoms. The van der Waals surface area contributed by atoms with E-state index in [0.717, 1.165) is 22.4 Å². The number of benzene rings is 3. The van der Waals surface area contributed by atoms with Gasteiger partial charge in [0.25, 0.3) is 5.56 Å². The zero-order valence-corrected chi connectivity index (χ0v) is 21.9. The van der Waals surface area contributed by atoms with E-state index in [0.29, 0.717) is 21.0 Å². The second-order valence-electron chi connectivity index (χ2n) is 10.1. The summed E-state index contributed by atoms with van der Waals surface area (Å²) in [5.74, 6) is 0.197. The summed E-state index contributed by atoms with van der Waals surface area (Å²) in [6, 6.07) is 24.0. The van der Waals surface area contributed by atoms with Gasteiger partial charge in [0, 0.05) is 22.9 Å². The van der Waals surface area contributed by atoms with Gasteiger partial charge in [-0.1, -0.05) is 74.6 Å². The van der Waals surface area contributed by atoms with E-state index >= 15 is 0 Å². The van der Waals surface area contributed by atoms with Crippen LogP contribution in [0.5, 0.6) is 0 Å². The minimum atomic E-state index is -0.321. The van der Waals surface area contributed by atoms with Gasteiger partial charge in [0.1, 0.15) is 11.5 Å². The van der Waals surface area contributed by atoms with Crippen LogP contribution in [0.25, 0.3) is 39.4 Å². The molecular formula is C30H24FN5OS. The van der Waals surface area contributed by atoms with E-state index in [9.17, 15) is 9.18 Å². The Hall–Kier alpha value is -4.43. The van der Waals surface area contributed by atoms with Gasteiger partial charge >= 0.3 is 0 Å². The van der Waals surface area contributed by atoms with Crippen LogP contribution in [0.1, 0.15) is 31.9 Å². The van der Waals surface area contributed by atoms with Crippen molar-refractivity contribution in [2.45, 2.75) is 26.2 Å². The van der Waals surface area contributed by atoms with Gasteiger partial charge in [0.2, 0.25) is 4.96 Å². The number of fused-ring (bicyclic) bond motifs is 1. The van der Waals surface area contributed by atoms with Crippen molar-refractivity contribution in [1.82, 2.24) is 24.4 Å². The van der Waals surface area contributed by atoms with Crippen molar-refractivity contribution < 1.29 is 4.39 Å². The first-order chi connectivity index (χ1) is 18.3. The average molecular weight is 522 g/mol. The Kier molecular flexibility index (Phi) is 5.76. The minimum Gasteiger partial charge on any atom is -0.266 e. The van der Waals surface area contributed by atoms with Gasteiger partial charge in [0.05, 0.1) is 10.2 Å². The normalized spacial score (nSPS) is 12.5. The van der Waals surface area contributed by atoms with E-state index in [1.807, 2.05) is 48.7 Å². The molecule has 0 fully saturated rings. The van der Waals surface area contributed by atoms with Crippen molar-refractivity contribution in [2.75, 3.05) is 0 Å². The fourth-order valence-electron chi connectivity index (χ4n) is 4.25. The van der Waals surface area contributed by atoms with E-state index in [1.165, 1.54) is 33.5 Å². The Bertz CT molecular complexity index is 1860. The highest BCUT2D eigenvalue weighted by Gasteiger charge is 2.17. The predicted octanol–water partition coefficient (Wildman–Crippen LogP) is 5.66. The second-order valence-corrected chi connectivity index (χ2v) is 11.1. The number of halogens is 1. The molecule has 0 unspecified atom stereocenters. The van der Waals surface area contributed by atoms with E-state index in [1.54, 1.807) is 22.9 Å². The van der Waals surface area contributed by atoms with Crippen molar-refractivity contribution in [3.05, 3.63) is 117 Å². The number of hydrogen-bond acceptors (Lipinski definition) is 5. The summed E-state index contributed by atoms with van der Waals surface area (Å²) in [7, 11) is 0. The molecule has 0 aliphatic heterocycles. The largest absolute Gasteiger partial charge is 0.291 e. The van der Waals surface area contributed by atoms with E-state index in [2.05, 4.69) is 43.0 Å². The predicted molar refractivity (Wildman–Crippen MR) is 149 cm³/mol. The second kappa shape index (κ2) is 9.15. The van der Waals surface area contributed by atoms with E-state index in [4.69, 9.17) is 5.10 Å². The molecule has 6 aromatic rings. The molecule has 0 bridgehead atoms. The van der Waals surface area contributed by atoms with Gasteiger partial charge in [-0.05, 0) is 53.5 Å². The molecule has 8 heteroatoms. The van der Waals surface area contributed by atoms with Crippen LogP contribution in [-0.4, -0.2) is 24.4 Å². The lowest BCUT2D eigenvalue weighted by Gasteiger charge is -2.18. The van der Waals surface area contributed by atoms with Crippen LogP contribution in [-0.2, 0) is 5.41 Å². The maximum Gasteiger partial charge on any atom is 0.291 e. The fraction of sp³-hybridized carbons (Fsp3) is 0.133. The molecule has 3 aromatic carbocycles. The molecule has 0 spiro atoms. The van der Waals surface area contributed by atoms with Crippen molar-refractivity contribution in [3.8, 4) is 28.3 Å². The molecule has 6 rings (SSSR count). The van der Waals surface area contributed by atoms with Crippen LogP contribution in [0.3, 0.4) is 0 Å². The van der Waals surface area contributed by atoms with Crippen LogP contribution >= 0.6 is 11.3 Å². The molecule has 3 heterocycles. The molecule has 0 saturated heterocycles. The van der Waals surface area contributed by atoms with Gasteiger partial charge < -0.3 is 0 Å². The van der Waals surface area contributed by atoms with Crippen molar-refractivity contribution in [1.29, 1.82) is 0 Å². The summed E-state index contributed by atoms with van der Waals surface area (Å²) in [6.07, 6.45) is 3.66. The third-order valence-corrected chi connectivity index (χ3v) is 7.32. The lowest BCUT2D eigenvalue weighted by Crippen LogP contribution is -2.23. The fourth-order valence-corrected chi connectivity index (χ4v) is 5.15. The first-order valence-corrected chi connectivity index (χ1v) is 13.0. The summed E-state index contributed by atoms with van der Waals surface area (Å²) in [4.78, 5) is 18.4. The smallest absolute Gasteiger partial charge is 0.266 e. The summed E-state index contributed by atoms with van der Waals surface area (Å²) in [5.41, 5.74) is 4.90. The Morgan fingerprint density at radius 2 is 1.55 bits per heavy atom. The SMILES string of the molecule is CC(C)(C)c1ccc(-c2nc3sc(=Cc4cn(-c5ccccc5)nc4-c4ccc(F)cc4)c(=O)n3n2)cc1. The molecule has 0 aliphatic rings. The highest BCUT2D eigenvalue weighted by molar-refractivity contribution is 7.15. The number of para-hydroxylation sites is 1. The Labute approximate surface area is 222 Å². The molecule has 3 aromatic heterocycles. The van der Waals surface area contributed by atoms with Crippen molar-refractivity contribution >= 4 is 22.4 Å². The topological polar surface area (TPSA) is 65.1 Å². The summed E-state index contributed by atoms with van der Waals surface area (Å²) in [6.45, 7) is 6.50. The van der Waals surface area contributed by atoms with Crippen LogP contribution < -0.4 is 10.1 Å². The Morgan fingerprint density at radius 3 is 2.21 bits per heavy atom. The van der Waals surface area contributed by atoms with Gasteiger partial charge in [-0.3, -0.25) is 4.79 Å². The molecule has 0 N–H and O–H groups in total. The first kappa shape index (κ1) is 23.9. The van der Waals surface area contributed by atoms with Crippen molar-refractivity contribution in [3.63, 3.8) is 0 Å². The molecule has 0 amide bonds. The number of hydrogen-bond donors (Lipinski definition) is 0. The summed E-state index contributed by atoms with van der Waals surface area (Å²) >= 11 is 1.28. The lowest BCUT2D eigenvalue weighted by molar-refractivity contribution is 0.590. The summed E-state index contributed by atoms with van der Waals surface area (Å²) in [5, 5.41) is 9.25. The van der Waals surface area contributed by atoms with Crippen LogP contribution in [0.4, 0.5) is 4.39 Å².